The van der Waals surface area contributed by atoms with E-state index in [2.05, 4.69) is 41.5 Å². The molecule has 39 heavy (non-hydrogen) atoms. The van der Waals surface area contributed by atoms with E-state index in [9.17, 15) is 19.5 Å². The molecule has 3 aromatic carbocycles. The average molecular weight is 529 g/mol. The molecule has 0 fully saturated rings. The van der Waals surface area contributed by atoms with Gasteiger partial charge in [-0.05, 0) is 80.6 Å². The number of aliphatic hydroxyl groups is 1. The fraction of sp³-hybridized carbons (Fsp3) is 0.233. The van der Waals surface area contributed by atoms with E-state index in [0.717, 1.165) is 5.56 Å². The minimum atomic E-state index is -1.30. The Kier molecular flexibility index (Phi) is 10.3. The molecule has 2 unspecified atom stereocenters. The Morgan fingerprint density at radius 3 is 2.08 bits per heavy atom. The van der Waals surface area contributed by atoms with Crippen LogP contribution in [0.4, 0.5) is 5.69 Å². The minimum Gasteiger partial charge on any atom is -0.391 e. The first-order valence-corrected chi connectivity index (χ1v) is 12.3. The normalized spacial score (nSPS) is 12.1. The number of aryl methyl sites for hydroxylation is 1. The standard InChI is InChI=1S/C30H32N4O5/c1-20-6-4-5-7-25(20)18-34(3)19-27(36)31-26-16-12-23(13-17-26)9-8-22-10-14-24(15-11-22)29(37)32-28(21(2)35)30(38)33-39/h4-7,10-17,21,28,35,39H,18-19H2,1-3H3,(H,31,36)(H,32,37)(H,33,38). The summed E-state index contributed by atoms with van der Waals surface area (Å²) in [5, 5.41) is 23.7. The van der Waals surface area contributed by atoms with Gasteiger partial charge < -0.3 is 15.7 Å². The fourth-order valence-electron chi connectivity index (χ4n) is 3.77. The van der Waals surface area contributed by atoms with Crippen LogP contribution in [0, 0.1) is 18.8 Å². The third-order valence-electron chi connectivity index (χ3n) is 5.94. The second-order valence-electron chi connectivity index (χ2n) is 9.22. The van der Waals surface area contributed by atoms with Gasteiger partial charge in [-0.25, -0.2) is 5.48 Å². The molecule has 0 aliphatic rings. The molecule has 0 saturated carbocycles. The molecule has 0 bridgehead atoms. The Balaban J connectivity index is 1.53. The topological polar surface area (TPSA) is 131 Å². The second kappa shape index (κ2) is 13.9. The zero-order valence-corrected chi connectivity index (χ0v) is 22.1. The van der Waals surface area contributed by atoms with Crippen LogP contribution in [0.5, 0.6) is 0 Å². The van der Waals surface area contributed by atoms with Crippen molar-refractivity contribution in [3.8, 4) is 11.8 Å². The molecule has 3 aromatic rings. The van der Waals surface area contributed by atoms with Crippen LogP contribution in [0.3, 0.4) is 0 Å². The van der Waals surface area contributed by atoms with Crippen LogP contribution in [-0.2, 0) is 16.1 Å². The van der Waals surface area contributed by atoms with Crippen molar-refractivity contribution in [2.75, 3.05) is 18.9 Å². The number of hydrogen-bond donors (Lipinski definition) is 5. The van der Waals surface area contributed by atoms with Crippen molar-refractivity contribution >= 4 is 23.4 Å². The van der Waals surface area contributed by atoms with Crippen LogP contribution in [-0.4, -0.2) is 58.7 Å². The van der Waals surface area contributed by atoms with Crippen molar-refractivity contribution in [3.63, 3.8) is 0 Å². The summed E-state index contributed by atoms with van der Waals surface area (Å²) in [6.07, 6.45) is -1.20. The maximum atomic E-state index is 12.5. The summed E-state index contributed by atoms with van der Waals surface area (Å²) in [6.45, 7) is 4.33. The molecule has 2 atom stereocenters. The summed E-state index contributed by atoms with van der Waals surface area (Å²) < 4.78 is 0. The maximum Gasteiger partial charge on any atom is 0.268 e. The van der Waals surface area contributed by atoms with E-state index < -0.39 is 24.0 Å². The van der Waals surface area contributed by atoms with E-state index in [1.807, 2.05) is 36.2 Å². The largest absolute Gasteiger partial charge is 0.391 e. The SMILES string of the molecule is Cc1ccccc1CN(C)CC(=O)Nc1ccc(C#Cc2ccc(C(=O)NC(C(=O)NO)C(C)O)cc2)cc1. The number of nitrogens with zero attached hydrogens (tertiary/aromatic N) is 1. The molecule has 9 heteroatoms. The van der Waals surface area contributed by atoms with E-state index in [-0.39, 0.29) is 18.0 Å². The number of amides is 3. The number of aliphatic hydroxyl groups excluding tert-OH is 1. The lowest BCUT2D eigenvalue weighted by Crippen LogP contribution is -2.51. The van der Waals surface area contributed by atoms with Crippen molar-refractivity contribution in [2.24, 2.45) is 0 Å². The highest BCUT2D eigenvalue weighted by Crippen LogP contribution is 2.12. The lowest BCUT2D eigenvalue weighted by atomic mass is 10.1. The maximum absolute atomic E-state index is 12.5. The molecule has 0 aromatic heterocycles. The first-order chi connectivity index (χ1) is 18.7. The zero-order valence-electron chi connectivity index (χ0n) is 22.1. The smallest absolute Gasteiger partial charge is 0.268 e. The molecule has 0 radical (unpaired) electrons. The van der Waals surface area contributed by atoms with Crippen LogP contribution in [0.15, 0.2) is 72.8 Å². The van der Waals surface area contributed by atoms with Gasteiger partial charge in [0.15, 0.2) is 0 Å². The third-order valence-corrected chi connectivity index (χ3v) is 5.94. The highest BCUT2D eigenvalue weighted by atomic mass is 16.5. The van der Waals surface area contributed by atoms with Crippen molar-refractivity contribution in [1.29, 1.82) is 0 Å². The Bertz CT molecular complexity index is 1360. The molecule has 5 N–H and O–H groups in total. The second-order valence-corrected chi connectivity index (χ2v) is 9.22. The highest BCUT2D eigenvalue weighted by molar-refractivity contribution is 5.97. The van der Waals surface area contributed by atoms with Gasteiger partial charge in [0.05, 0.1) is 12.6 Å². The monoisotopic (exact) mass is 528 g/mol. The molecule has 0 spiro atoms. The number of nitrogens with one attached hydrogen (secondary N) is 3. The summed E-state index contributed by atoms with van der Waals surface area (Å²) in [4.78, 5) is 38.4. The van der Waals surface area contributed by atoms with Crippen LogP contribution >= 0.6 is 0 Å². The summed E-state index contributed by atoms with van der Waals surface area (Å²) in [6, 6.07) is 20.4. The summed E-state index contributed by atoms with van der Waals surface area (Å²) in [5.41, 5.74) is 6.16. The Labute approximate surface area is 227 Å². The predicted octanol–water partition coefficient (Wildman–Crippen LogP) is 2.45. The van der Waals surface area contributed by atoms with Crippen LogP contribution in [0.2, 0.25) is 0 Å². The number of rotatable bonds is 9. The van der Waals surface area contributed by atoms with E-state index in [4.69, 9.17) is 5.21 Å². The lowest BCUT2D eigenvalue weighted by Gasteiger charge is -2.19. The van der Waals surface area contributed by atoms with Crippen LogP contribution < -0.4 is 16.1 Å². The van der Waals surface area contributed by atoms with Gasteiger partial charge in [-0.1, -0.05) is 36.1 Å². The van der Waals surface area contributed by atoms with Gasteiger partial charge in [-0.3, -0.25) is 24.5 Å². The van der Waals surface area contributed by atoms with E-state index in [0.29, 0.717) is 17.8 Å². The molecule has 0 aliphatic heterocycles. The first kappa shape index (κ1) is 29.1. The molecular formula is C30H32N4O5. The molecule has 0 aliphatic carbocycles. The number of hydroxylamine groups is 1. The van der Waals surface area contributed by atoms with Crippen molar-refractivity contribution in [1.82, 2.24) is 15.7 Å². The molecule has 0 saturated heterocycles. The van der Waals surface area contributed by atoms with E-state index in [1.54, 1.807) is 36.4 Å². The van der Waals surface area contributed by atoms with E-state index in [1.165, 1.54) is 23.5 Å². The van der Waals surface area contributed by atoms with Crippen LogP contribution in [0.1, 0.15) is 39.5 Å². The first-order valence-electron chi connectivity index (χ1n) is 12.3. The number of benzene rings is 3. The van der Waals surface area contributed by atoms with Gasteiger partial charge >= 0.3 is 0 Å². The Morgan fingerprint density at radius 2 is 1.51 bits per heavy atom. The number of hydrogen-bond acceptors (Lipinski definition) is 6. The van der Waals surface area contributed by atoms with Gasteiger partial charge in [-0.2, -0.15) is 0 Å². The molecule has 0 heterocycles. The quantitative estimate of drug-likeness (QED) is 0.165. The molecule has 202 valence electrons. The number of anilines is 1. The van der Waals surface area contributed by atoms with Crippen molar-refractivity contribution in [3.05, 3.63) is 101 Å². The minimum absolute atomic E-state index is 0.106. The van der Waals surface area contributed by atoms with Gasteiger partial charge in [0.2, 0.25) is 5.91 Å². The van der Waals surface area contributed by atoms with Gasteiger partial charge in [0.25, 0.3) is 11.8 Å². The Hall–Kier alpha value is -4.49. The number of carbonyl (C=O) groups excluding carboxylic acids is 3. The van der Waals surface area contributed by atoms with Gasteiger partial charge in [0.1, 0.15) is 6.04 Å². The highest BCUT2D eigenvalue weighted by Gasteiger charge is 2.25. The molecular weight excluding hydrogens is 496 g/mol. The van der Waals surface area contributed by atoms with Gasteiger partial charge in [-0.15, -0.1) is 0 Å². The average Bonchev–Trinajstić information content (AvgIpc) is 2.92. The van der Waals surface area contributed by atoms with Crippen molar-refractivity contribution in [2.45, 2.75) is 32.5 Å². The molecule has 9 nitrogen and oxygen atoms in total. The fourth-order valence-corrected chi connectivity index (χ4v) is 3.77. The lowest BCUT2D eigenvalue weighted by molar-refractivity contribution is -0.133. The van der Waals surface area contributed by atoms with Gasteiger partial charge in [0, 0.05) is 28.9 Å². The predicted molar refractivity (Wildman–Crippen MR) is 148 cm³/mol. The number of likely N-dealkylation sites (N-methyl/N-ethyl adjacent to an activating group) is 1. The summed E-state index contributed by atoms with van der Waals surface area (Å²) in [7, 11) is 1.91. The van der Waals surface area contributed by atoms with E-state index >= 15 is 0 Å². The van der Waals surface area contributed by atoms with Crippen LogP contribution in [0.25, 0.3) is 0 Å². The number of carbonyl (C=O) groups is 3. The third kappa shape index (κ3) is 8.79. The summed E-state index contributed by atoms with van der Waals surface area (Å²) in [5.74, 6) is 4.45. The molecule has 3 amide bonds. The molecule has 3 rings (SSSR count). The zero-order chi connectivity index (χ0) is 28.4. The Morgan fingerprint density at radius 1 is 0.923 bits per heavy atom. The summed E-state index contributed by atoms with van der Waals surface area (Å²) >= 11 is 0. The van der Waals surface area contributed by atoms with Crippen molar-refractivity contribution < 1.29 is 24.7 Å².